The predicted octanol–water partition coefficient (Wildman–Crippen LogP) is 5.11. The second-order valence-corrected chi connectivity index (χ2v) is 6.75. The molecule has 1 heterocycles. The van der Waals surface area contributed by atoms with E-state index in [1.54, 1.807) is 24.3 Å². The maximum absolute atomic E-state index is 12.0. The van der Waals surface area contributed by atoms with Crippen LogP contribution in [-0.4, -0.2) is 17.6 Å². The van der Waals surface area contributed by atoms with E-state index in [1.807, 2.05) is 0 Å². The van der Waals surface area contributed by atoms with Gasteiger partial charge in [0.15, 0.2) is 0 Å². The van der Waals surface area contributed by atoms with Gasteiger partial charge in [-0.05, 0) is 68.1 Å². The van der Waals surface area contributed by atoms with Gasteiger partial charge in [0.05, 0.1) is 0 Å². The third-order valence-electron chi connectivity index (χ3n) is 4.45. The van der Waals surface area contributed by atoms with Crippen LogP contribution in [0.5, 0.6) is 0 Å². The molecule has 3 rings (SSSR count). The summed E-state index contributed by atoms with van der Waals surface area (Å²) in [5.41, 5.74) is 6.83. The molecule has 0 fully saturated rings. The number of carbonyl (C=O) groups excluding carboxylic acids is 1. The Balaban J connectivity index is 1.65. The molecule has 0 bridgehead atoms. The summed E-state index contributed by atoms with van der Waals surface area (Å²) in [6, 6.07) is 11.1. The second kappa shape index (κ2) is 7.19. The second-order valence-electron chi connectivity index (χ2n) is 6.32. The Morgan fingerprint density at radius 2 is 1.72 bits per heavy atom. The van der Waals surface area contributed by atoms with Gasteiger partial charge in [-0.15, -0.1) is 0 Å². The lowest BCUT2D eigenvalue weighted by Gasteiger charge is -2.09. The van der Waals surface area contributed by atoms with Gasteiger partial charge in [-0.3, -0.25) is 0 Å². The standard InChI is InChI=1S/C20H22ClN3O/c1-12-4-5-13(2)19-18(12)17(14(3)23-19)10-11-22-20(25)24-16-8-6-15(21)7-9-16/h4-9,23H,10-11H2,1-3H3,(H2,22,24,25). The summed E-state index contributed by atoms with van der Waals surface area (Å²) in [6.45, 7) is 6.89. The highest BCUT2D eigenvalue weighted by Crippen LogP contribution is 2.28. The molecule has 0 radical (unpaired) electrons. The lowest BCUT2D eigenvalue weighted by Crippen LogP contribution is -2.30. The van der Waals surface area contributed by atoms with E-state index in [1.165, 1.54) is 27.6 Å². The monoisotopic (exact) mass is 355 g/mol. The molecule has 2 amide bonds. The summed E-state index contributed by atoms with van der Waals surface area (Å²) >= 11 is 5.84. The Morgan fingerprint density at radius 1 is 1.04 bits per heavy atom. The van der Waals surface area contributed by atoms with Gasteiger partial charge in [-0.2, -0.15) is 0 Å². The van der Waals surface area contributed by atoms with Crippen LogP contribution in [0, 0.1) is 20.8 Å². The van der Waals surface area contributed by atoms with Crippen molar-refractivity contribution in [3.63, 3.8) is 0 Å². The van der Waals surface area contributed by atoms with Gasteiger partial charge in [0.1, 0.15) is 0 Å². The van der Waals surface area contributed by atoms with E-state index in [4.69, 9.17) is 11.6 Å². The lowest BCUT2D eigenvalue weighted by molar-refractivity contribution is 0.252. The van der Waals surface area contributed by atoms with Crippen molar-refractivity contribution in [2.45, 2.75) is 27.2 Å². The summed E-state index contributed by atoms with van der Waals surface area (Å²) in [5.74, 6) is 0. The summed E-state index contributed by atoms with van der Waals surface area (Å²) in [5, 5.41) is 7.64. The fraction of sp³-hybridized carbons (Fsp3) is 0.250. The Hall–Kier alpha value is -2.46. The molecule has 0 aliphatic rings. The molecule has 0 atom stereocenters. The Bertz CT molecular complexity index is 913. The highest BCUT2D eigenvalue weighted by molar-refractivity contribution is 6.30. The molecule has 0 aliphatic carbocycles. The summed E-state index contributed by atoms with van der Waals surface area (Å²) < 4.78 is 0. The first-order valence-corrected chi connectivity index (χ1v) is 8.71. The number of hydrogen-bond acceptors (Lipinski definition) is 1. The molecule has 5 heteroatoms. The first-order chi connectivity index (χ1) is 12.0. The highest BCUT2D eigenvalue weighted by atomic mass is 35.5. The third-order valence-corrected chi connectivity index (χ3v) is 4.70. The van der Waals surface area contributed by atoms with E-state index >= 15 is 0 Å². The Morgan fingerprint density at radius 3 is 2.44 bits per heavy atom. The van der Waals surface area contributed by atoms with Crippen LogP contribution in [0.25, 0.3) is 10.9 Å². The minimum absolute atomic E-state index is 0.215. The molecule has 130 valence electrons. The van der Waals surface area contributed by atoms with Crippen LogP contribution in [0.2, 0.25) is 5.02 Å². The van der Waals surface area contributed by atoms with Crippen molar-refractivity contribution in [3.8, 4) is 0 Å². The quantitative estimate of drug-likeness (QED) is 0.598. The molecule has 0 spiro atoms. The molecule has 25 heavy (non-hydrogen) atoms. The average molecular weight is 356 g/mol. The van der Waals surface area contributed by atoms with Crippen molar-refractivity contribution in [1.29, 1.82) is 0 Å². The zero-order valence-electron chi connectivity index (χ0n) is 14.7. The van der Waals surface area contributed by atoms with Crippen LogP contribution in [0.1, 0.15) is 22.4 Å². The van der Waals surface area contributed by atoms with Gasteiger partial charge in [0.25, 0.3) is 0 Å². The van der Waals surface area contributed by atoms with Gasteiger partial charge in [0, 0.05) is 33.9 Å². The molecule has 2 aromatic carbocycles. The van der Waals surface area contributed by atoms with E-state index in [9.17, 15) is 4.79 Å². The lowest BCUT2D eigenvalue weighted by atomic mass is 10.0. The Labute approximate surface area is 152 Å². The molecule has 4 nitrogen and oxygen atoms in total. The number of hydrogen-bond donors (Lipinski definition) is 3. The topological polar surface area (TPSA) is 56.9 Å². The number of nitrogens with one attached hydrogen (secondary N) is 3. The van der Waals surface area contributed by atoms with Gasteiger partial charge >= 0.3 is 6.03 Å². The zero-order chi connectivity index (χ0) is 18.0. The predicted molar refractivity (Wildman–Crippen MR) is 105 cm³/mol. The summed E-state index contributed by atoms with van der Waals surface area (Å²) in [4.78, 5) is 15.5. The first kappa shape index (κ1) is 17.4. The first-order valence-electron chi connectivity index (χ1n) is 8.33. The van der Waals surface area contributed by atoms with E-state index in [0.29, 0.717) is 11.6 Å². The molecule has 0 aliphatic heterocycles. The van der Waals surface area contributed by atoms with Crippen molar-refractivity contribution in [2.24, 2.45) is 0 Å². The van der Waals surface area contributed by atoms with E-state index in [-0.39, 0.29) is 6.03 Å². The van der Waals surface area contributed by atoms with E-state index < -0.39 is 0 Å². The van der Waals surface area contributed by atoms with Crippen molar-refractivity contribution in [1.82, 2.24) is 10.3 Å². The fourth-order valence-electron chi connectivity index (χ4n) is 3.13. The third kappa shape index (κ3) is 3.80. The molecule has 3 N–H and O–H groups in total. The molecule has 0 unspecified atom stereocenters. The van der Waals surface area contributed by atoms with Crippen molar-refractivity contribution in [2.75, 3.05) is 11.9 Å². The Kier molecular flexibility index (Phi) is 5.00. The van der Waals surface area contributed by atoms with Crippen LogP contribution in [0.15, 0.2) is 36.4 Å². The number of H-pyrrole nitrogens is 1. The summed E-state index contributed by atoms with van der Waals surface area (Å²) in [6.07, 6.45) is 0.782. The molecule has 1 aromatic heterocycles. The number of aromatic amines is 1. The molecular formula is C20H22ClN3O. The molecular weight excluding hydrogens is 334 g/mol. The van der Waals surface area contributed by atoms with E-state index in [2.05, 4.69) is 48.5 Å². The minimum Gasteiger partial charge on any atom is -0.358 e. The number of carbonyl (C=O) groups is 1. The number of fused-ring (bicyclic) bond motifs is 1. The van der Waals surface area contributed by atoms with Crippen LogP contribution >= 0.6 is 11.6 Å². The van der Waals surface area contributed by atoms with Gasteiger partial charge in [-0.1, -0.05) is 23.7 Å². The maximum atomic E-state index is 12.0. The minimum atomic E-state index is -0.215. The number of rotatable bonds is 4. The number of aryl methyl sites for hydroxylation is 3. The number of urea groups is 1. The van der Waals surface area contributed by atoms with E-state index in [0.717, 1.165) is 17.8 Å². The largest absolute Gasteiger partial charge is 0.358 e. The van der Waals surface area contributed by atoms with Gasteiger partial charge in [-0.25, -0.2) is 4.79 Å². The number of anilines is 1. The SMILES string of the molecule is Cc1[nH]c2c(C)ccc(C)c2c1CCNC(=O)Nc1ccc(Cl)cc1. The number of benzene rings is 2. The molecule has 0 saturated carbocycles. The van der Waals surface area contributed by atoms with Gasteiger partial charge in [0.2, 0.25) is 0 Å². The van der Waals surface area contributed by atoms with Crippen LogP contribution in [0.4, 0.5) is 10.5 Å². The number of halogens is 1. The average Bonchev–Trinajstić information content (AvgIpc) is 2.91. The smallest absolute Gasteiger partial charge is 0.319 e. The van der Waals surface area contributed by atoms with Crippen LogP contribution in [0.3, 0.4) is 0 Å². The maximum Gasteiger partial charge on any atom is 0.319 e. The van der Waals surface area contributed by atoms with Crippen LogP contribution in [-0.2, 0) is 6.42 Å². The summed E-state index contributed by atoms with van der Waals surface area (Å²) in [7, 11) is 0. The van der Waals surface area contributed by atoms with Gasteiger partial charge < -0.3 is 15.6 Å². The van der Waals surface area contributed by atoms with Crippen molar-refractivity contribution in [3.05, 3.63) is 63.8 Å². The fourth-order valence-corrected chi connectivity index (χ4v) is 3.26. The number of amides is 2. The van der Waals surface area contributed by atoms with Crippen molar-refractivity contribution < 1.29 is 4.79 Å². The molecule has 3 aromatic rings. The highest BCUT2D eigenvalue weighted by Gasteiger charge is 2.12. The number of aromatic nitrogens is 1. The van der Waals surface area contributed by atoms with Crippen LogP contribution < -0.4 is 10.6 Å². The zero-order valence-corrected chi connectivity index (χ0v) is 15.4. The molecule has 0 saturated heterocycles. The normalized spacial score (nSPS) is 10.9. The van der Waals surface area contributed by atoms with Crippen molar-refractivity contribution >= 4 is 34.2 Å².